The van der Waals surface area contributed by atoms with E-state index in [4.69, 9.17) is 0 Å². The fourth-order valence-electron chi connectivity index (χ4n) is 3.18. The van der Waals surface area contributed by atoms with Crippen molar-refractivity contribution < 1.29 is 4.79 Å². The Morgan fingerprint density at radius 2 is 2.04 bits per heavy atom. The second kappa shape index (κ2) is 6.72. The highest BCUT2D eigenvalue weighted by atomic mass is 32.1. The van der Waals surface area contributed by atoms with E-state index in [0.717, 1.165) is 24.2 Å². The minimum absolute atomic E-state index is 0.101. The van der Waals surface area contributed by atoms with Crippen LogP contribution in [0, 0.1) is 0 Å². The largest absolute Gasteiger partial charge is 0.309 e. The number of nitrogens with one attached hydrogen (secondary N) is 1. The van der Waals surface area contributed by atoms with Gasteiger partial charge in [0, 0.05) is 12.0 Å². The van der Waals surface area contributed by atoms with Gasteiger partial charge in [-0.3, -0.25) is 14.2 Å². The fourth-order valence-corrected chi connectivity index (χ4v) is 3.90. The molecule has 1 aliphatic carbocycles. The first kappa shape index (κ1) is 16.9. The van der Waals surface area contributed by atoms with Gasteiger partial charge in [0.2, 0.25) is 5.91 Å². The Morgan fingerprint density at radius 1 is 1.21 bits per heavy atom. The molecule has 1 amide bonds. The molecule has 0 bridgehead atoms. The van der Waals surface area contributed by atoms with E-state index >= 15 is 0 Å². The maximum absolute atomic E-state index is 12.6. The molecule has 3 aromatic heterocycles. The van der Waals surface area contributed by atoms with E-state index in [1.807, 2.05) is 41.8 Å². The second-order valence-electron chi connectivity index (χ2n) is 6.84. The minimum Gasteiger partial charge on any atom is -0.309 e. The van der Waals surface area contributed by atoms with E-state index in [1.165, 1.54) is 22.2 Å². The maximum atomic E-state index is 12.6. The van der Waals surface area contributed by atoms with Crippen LogP contribution in [0.25, 0.3) is 15.9 Å². The lowest BCUT2D eigenvalue weighted by molar-refractivity contribution is -0.116. The molecule has 7 nitrogen and oxygen atoms in total. The van der Waals surface area contributed by atoms with Gasteiger partial charge in [0.25, 0.3) is 5.56 Å². The molecule has 1 aromatic carbocycles. The molecular weight excluding hydrogens is 374 g/mol. The average Bonchev–Trinajstić information content (AvgIpc) is 3.29. The number of rotatable bonds is 5. The molecule has 0 spiro atoms. The average molecular weight is 391 g/mol. The lowest BCUT2D eigenvalue weighted by Crippen LogP contribution is -2.28. The van der Waals surface area contributed by atoms with Crippen LogP contribution in [0.1, 0.15) is 24.5 Å². The first-order valence-electron chi connectivity index (χ1n) is 9.07. The summed E-state index contributed by atoms with van der Waals surface area (Å²) >= 11 is 1.41. The Bertz CT molecular complexity index is 1220. The number of fused-ring (bicyclic) bond motifs is 1. The van der Waals surface area contributed by atoms with Crippen LogP contribution in [0.5, 0.6) is 0 Å². The van der Waals surface area contributed by atoms with Gasteiger partial charge in [0.05, 0.1) is 23.1 Å². The van der Waals surface area contributed by atoms with Crippen LogP contribution in [-0.2, 0) is 11.3 Å². The van der Waals surface area contributed by atoms with Gasteiger partial charge < -0.3 is 5.32 Å². The summed E-state index contributed by atoms with van der Waals surface area (Å²) in [6, 6.07) is 13.3. The van der Waals surface area contributed by atoms with Gasteiger partial charge in [0.1, 0.15) is 17.2 Å². The number of carbonyl (C=O) groups is 1. The number of para-hydroxylation sites is 1. The minimum atomic E-state index is -0.294. The summed E-state index contributed by atoms with van der Waals surface area (Å²) in [5, 5.41) is 9.94. The fraction of sp³-hybridized carbons (Fsp3) is 0.200. The number of aromatic nitrogens is 4. The van der Waals surface area contributed by atoms with Crippen LogP contribution in [0.4, 0.5) is 5.82 Å². The molecule has 0 atom stereocenters. The van der Waals surface area contributed by atoms with Crippen molar-refractivity contribution in [1.82, 2.24) is 19.3 Å². The highest BCUT2D eigenvalue weighted by molar-refractivity contribution is 7.16. The normalized spacial score (nSPS) is 13.7. The summed E-state index contributed by atoms with van der Waals surface area (Å²) in [5.74, 6) is 0.780. The summed E-state index contributed by atoms with van der Waals surface area (Å²) in [6.45, 7) is -0.101. The number of hydrogen-bond acceptors (Lipinski definition) is 5. The smallest absolute Gasteiger partial charge is 0.262 e. The molecule has 0 aliphatic heterocycles. The highest BCUT2D eigenvalue weighted by Gasteiger charge is 2.28. The molecule has 0 saturated heterocycles. The summed E-state index contributed by atoms with van der Waals surface area (Å²) in [4.78, 5) is 30.1. The van der Waals surface area contributed by atoms with Crippen LogP contribution in [0.15, 0.2) is 59.0 Å². The van der Waals surface area contributed by atoms with E-state index in [2.05, 4.69) is 15.4 Å². The summed E-state index contributed by atoms with van der Waals surface area (Å²) in [6.07, 6.45) is 3.67. The Hall–Kier alpha value is -3.26. The third-order valence-electron chi connectivity index (χ3n) is 4.76. The van der Waals surface area contributed by atoms with Crippen LogP contribution in [-0.4, -0.2) is 25.2 Å². The molecule has 0 radical (unpaired) electrons. The van der Waals surface area contributed by atoms with Gasteiger partial charge in [-0.05, 0) is 36.4 Å². The topological polar surface area (TPSA) is 81.8 Å². The summed E-state index contributed by atoms with van der Waals surface area (Å²) in [5.41, 5.74) is 1.65. The third kappa shape index (κ3) is 3.11. The molecule has 0 unspecified atom stereocenters. The monoisotopic (exact) mass is 391 g/mol. The number of benzene rings is 1. The molecule has 140 valence electrons. The van der Waals surface area contributed by atoms with Gasteiger partial charge >= 0.3 is 0 Å². The zero-order valence-corrected chi connectivity index (χ0v) is 15.7. The second-order valence-corrected chi connectivity index (χ2v) is 7.74. The van der Waals surface area contributed by atoms with E-state index in [-0.39, 0.29) is 18.0 Å². The zero-order valence-electron chi connectivity index (χ0n) is 14.9. The highest BCUT2D eigenvalue weighted by Crippen LogP contribution is 2.40. The Labute approximate surface area is 164 Å². The van der Waals surface area contributed by atoms with Crippen LogP contribution < -0.4 is 10.9 Å². The molecule has 28 heavy (non-hydrogen) atoms. The number of carbonyl (C=O) groups excluding carboxylic acids is 1. The third-order valence-corrected chi connectivity index (χ3v) is 5.58. The Morgan fingerprint density at radius 3 is 2.82 bits per heavy atom. The van der Waals surface area contributed by atoms with Gasteiger partial charge in [-0.1, -0.05) is 18.2 Å². The van der Waals surface area contributed by atoms with Crippen molar-refractivity contribution in [3.8, 4) is 5.69 Å². The van der Waals surface area contributed by atoms with Crippen molar-refractivity contribution in [2.45, 2.75) is 25.3 Å². The number of anilines is 1. The van der Waals surface area contributed by atoms with Gasteiger partial charge in [-0.25, -0.2) is 9.67 Å². The molecule has 3 heterocycles. The predicted molar refractivity (Wildman–Crippen MR) is 108 cm³/mol. The van der Waals surface area contributed by atoms with Crippen molar-refractivity contribution in [2.24, 2.45) is 0 Å². The SMILES string of the molecule is O=C(Cn1cnc2sccc2c1=O)Nc1cc(C2CC2)nn1-c1ccccc1. The molecule has 1 N–H and O–H groups in total. The molecule has 8 heteroatoms. The van der Waals surface area contributed by atoms with E-state index in [9.17, 15) is 9.59 Å². The van der Waals surface area contributed by atoms with E-state index < -0.39 is 0 Å². The number of hydrogen-bond donors (Lipinski definition) is 1. The van der Waals surface area contributed by atoms with Crippen molar-refractivity contribution in [3.05, 3.63) is 70.2 Å². The van der Waals surface area contributed by atoms with Crippen molar-refractivity contribution in [1.29, 1.82) is 0 Å². The van der Waals surface area contributed by atoms with Crippen LogP contribution in [0.2, 0.25) is 0 Å². The number of thiophene rings is 1. The van der Waals surface area contributed by atoms with Crippen LogP contribution in [0.3, 0.4) is 0 Å². The first-order chi connectivity index (χ1) is 13.7. The molecule has 4 aromatic rings. The van der Waals surface area contributed by atoms with Crippen molar-refractivity contribution in [3.63, 3.8) is 0 Å². The maximum Gasteiger partial charge on any atom is 0.262 e. The first-order valence-corrected chi connectivity index (χ1v) is 9.95. The lowest BCUT2D eigenvalue weighted by Gasteiger charge is -2.09. The van der Waals surface area contributed by atoms with Gasteiger partial charge in [-0.15, -0.1) is 11.3 Å². The van der Waals surface area contributed by atoms with Gasteiger partial charge in [0.15, 0.2) is 0 Å². The number of nitrogens with zero attached hydrogens (tertiary/aromatic N) is 4. The summed E-state index contributed by atoms with van der Waals surface area (Å²) < 4.78 is 3.07. The summed E-state index contributed by atoms with van der Waals surface area (Å²) in [7, 11) is 0. The van der Waals surface area contributed by atoms with E-state index in [0.29, 0.717) is 22.0 Å². The van der Waals surface area contributed by atoms with Crippen molar-refractivity contribution >= 4 is 33.3 Å². The zero-order chi connectivity index (χ0) is 19.1. The Balaban J connectivity index is 1.42. The predicted octanol–water partition coefficient (Wildman–Crippen LogP) is 3.16. The molecule has 5 rings (SSSR count). The molecule has 1 aliphatic rings. The van der Waals surface area contributed by atoms with Crippen molar-refractivity contribution in [2.75, 3.05) is 5.32 Å². The quantitative estimate of drug-likeness (QED) is 0.567. The van der Waals surface area contributed by atoms with Gasteiger partial charge in [-0.2, -0.15) is 5.10 Å². The van der Waals surface area contributed by atoms with E-state index in [1.54, 1.807) is 10.7 Å². The molecule has 1 saturated carbocycles. The number of amides is 1. The molecular formula is C20H17N5O2S. The standard InChI is InChI=1S/C20H17N5O2S/c26-18(11-24-12-21-19-15(20(24)27)8-9-28-19)22-17-10-16(13-6-7-13)23-25(17)14-4-2-1-3-5-14/h1-5,8-10,12-13H,6-7,11H2,(H,22,26). The Kier molecular flexibility index (Phi) is 4.05. The van der Waals surface area contributed by atoms with Crippen LogP contribution >= 0.6 is 11.3 Å². The lowest BCUT2D eigenvalue weighted by atomic mass is 10.3. The molecule has 1 fully saturated rings.